The molecule has 0 saturated carbocycles. The molecule has 7 nitrogen and oxygen atoms in total. The van der Waals surface area contributed by atoms with Gasteiger partial charge in [0.25, 0.3) is 0 Å². The zero-order valence-corrected chi connectivity index (χ0v) is 27.9. The molecule has 194 valence electrons. The normalized spacial score (nSPS) is 11.3. The molecule has 0 unspecified atom stereocenters. The van der Waals surface area contributed by atoms with E-state index >= 15 is 0 Å². The average Bonchev–Trinajstić information content (AvgIpc) is 2.19. The first-order valence-electron chi connectivity index (χ1n) is 7.25. The van der Waals surface area contributed by atoms with Gasteiger partial charge >= 0.3 is 34.9 Å². The predicted molar refractivity (Wildman–Crippen MR) is 119 cm³/mol. The van der Waals surface area contributed by atoms with Crippen LogP contribution in [-0.4, -0.2) is 106 Å². The van der Waals surface area contributed by atoms with Gasteiger partial charge in [0.1, 0.15) is 0 Å². The summed E-state index contributed by atoms with van der Waals surface area (Å²) in [5, 5.41) is 0. The average molecular weight is 770 g/mol. The van der Waals surface area contributed by atoms with Crippen molar-refractivity contribution in [2.75, 3.05) is 0 Å². The van der Waals surface area contributed by atoms with Gasteiger partial charge in [0.05, 0.1) is 0 Å². The first kappa shape index (κ1) is 54.2. The van der Waals surface area contributed by atoms with E-state index in [9.17, 15) is 26.3 Å². The monoisotopic (exact) mass is 772 g/mol. The third kappa shape index (κ3) is 77.2. The predicted octanol–water partition coefficient (Wildman–Crippen LogP) is 2.96. The summed E-state index contributed by atoms with van der Waals surface area (Å²) in [6.45, 7) is 27.9. The van der Waals surface area contributed by atoms with Crippen LogP contribution in [0.25, 0.3) is 0 Å². The second kappa shape index (κ2) is 21.5. The molecule has 0 aromatic rings. The molecule has 0 aliphatic carbocycles. The van der Waals surface area contributed by atoms with Crippen LogP contribution in [0.15, 0.2) is 0 Å². The maximum atomic E-state index is 10.7. The Morgan fingerprint density at radius 2 is 0.812 bits per heavy atom. The molecule has 0 bridgehead atoms. The fourth-order valence-corrected chi connectivity index (χ4v) is 0. The molecular weight excluding hydrogens is 740 g/mol. The molecule has 0 spiro atoms. The van der Waals surface area contributed by atoms with Crippen LogP contribution in [0.4, 0.5) is 26.3 Å². The van der Waals surface area contributed by atoms with Crippen LogP contribution in [0.5, 0.6) is 0 Å². The van der Waals surface area contributed by atoms with Gasteiger partial charge in [0.2, 0.25) is 0 Å². The van der Waals surface area contributed by atoms with Crippen LogP contribution in [-0.2, 0) is 20.2 Å². The molecule has 0 aromatic carbocycles. The van der Waals surface area contributed by atoms with Gasteiger partial charge in [0.15, 0.2) is 20.2 Å². The third-order valence-corrected chi connectivity index (χ3v) is 1.70. The Balaban J connectivity index is -0.0000000379. The molecule has 0 rings (SSSR count). The standard InChI is InChI=1S/2C4H11Si.C3H6.2CHF3O3S.H2O.2Sn/c2*1-5(2,3)4;1-3-2;2*2-1(3,4)8(5,6)7;;;/h2*1H2,2-4H3;1-3H2;2*(H,5,6,7);1H2;;/q;;;;;;;+2/p-2. The van der Waals surface area contributed by atoms with Crippen molar-refractivity contribution in [2.45, 2.75) is 56.7 Å². The summed E-state index contributed by atoms with van der Waals surface area (Å²) in [6, 6.07) is 0. The van der Waals surface area contributed by atoms with E-state index in [2.05, 4.69) is 66.2 Å². The Morgan fingerprint density at radius 3 is 0.812 bits per heavy atom. The number of hydrogen-bond acceptors (Lipinski definition) is 6. The van der Waals surface area contributed by atoms with E-state index in [0.29, 0.717) is 0 Å². The molecule has 0 aliphatic rings. The Kier molecular flexibility index (Phi) is 36.5. The molecule has 19 heteroatoms. The minimum atomic E-state index is -6.09. The smallest absolute Gasteiger partial charge is 0.741 e. The zero-order chi connectivity index (χ0) is 25.7. The van der Waals surface area contributed by atoms with Crippen LogP contribution in [0.2, 0.25) is 39.3 Å². The van der Waals surface area contributed by atoms with Crippen molar-refractivity contribution < 1.29 is 57.8 Å². The Hall–Kier alpha value is 1.26. The quantitative estimate of drug-likeness (QED) is 0.122. The topological polar surface area (TPSA) is 146 Å². The molecule has 32 heavy (non-hydrogen) atoms. The first-order valence-corrected chi connectivity index (χ1v) is 17.5. The van der Waals surface area contributed by atoms with Crippen LogP contribution >= 0.6 is 0 Å². The number of hydrogen-bond donors (Lipinski definition) is 0. The summed E-state index contributed by atoms with van der Waals surface area (Å²) >= 11 is 0. The van der Waals surface area contributed by atoms with Gasteiger partial charge in [0, 0.05) is 47.0 Å². The van der Waals surface area contributed by atoms with E-state index in [4.69, 9.17) is 25.9 Å². The van der Waals surface area contributed by atoms with Crippen molar-refractivity contribution in [2.24, 2.45) is 0 Å². The van der Waals surface area contributed by atoms with Gasteiger partial charge in [-0.25, -0.2) is 16.8 Å². The SMILES string of the molecule is O.O=S(=O)([O-])C(F)(F)F.O=S(=O)([O-])C(F)(F)F.[CH2+]C[CH2-].[CH2][Si](C)(C)C.[CH2][Si](C)(C)C.[Sn+2].[Sn]. The summed E-state index contributed by atoms with van der Waals surface area (Å²) in [5.41, 5.74) is -11.3. The molecule has 2 N–H and O–H groups in total. The van der Waals surface area contributed by atoms with E-state index in [1.807, 2.05) is 0 Å². The summed E-state index contributed by atoms with van der Waals surface area (Å²) in [6.07, 6.45) is 0.750. The summed E-state index contributed by atoms with van der Waals surface area (Å²) in [4.78, 5) is 0. The number of alkyl halides is 6. The van der Waals surface area contributed by atoms with Crippen molar-refractivity contribution in [3.8, 4) is 0 Å². The molecule has 0 aromatic heterocycles. The second-order valence-corrected chi connectivity index (χ2v) is 20.3. The Morgan fingerprint density at radius 1 is 0.781 bits per heavy atom. The van der Waals surface area contributed by atoms with E-state index in [-0.39, 0.29) is 53.3 Å². The van der Waals surface area contributed by atoms with Gasteiger partial charge in [-0.15, -0.1) is 0 Å². The van der Waals surface area contributed by atoms with E-state index < -0.39 is 47.4 Å². The van der Waals surface area contributed by atoms with Crippen molar-refractivity contribution in [1.82, 2.24) is 0 Å². The third-order valence-electron chi connectivity index (χ3n) is 0.567. The van der Waals surface area contributed by atoms with Crippen molar-refractivity contribution in [1.29, 1.82) is 0 Å². The molecule has 0 heterocycles. The van der Waals surface area contributed by atoms with Gasteiger partial charge in [-0.3, -0.25) is 6.92 Å². The maximum absolute atomic E-state index is 10.7. The fourth-order valence-electron chi connectivity index (χ4n) is 0. The Bertz CT molecular complexity index is 551. The minimum Gasteiger partial charge on any atom is -0.741 e. The van der Waals surface area contributed by atoms with E-state index in [1.54, 1.807) is 0 Å². The number of rotatable bonds is 0. The fraction of sp³-hybridized carbons (Fsp3) is 0.692. The van der Waals surface area contributed by atoms with Gasteiger partial charge < -0.3 is 14.6 Å². The van der Waals surface area contributed by atoms with E-state index in [1.165, 1.54) is 0 Å². The molecule has 0 aliphatic heterocycles. The molecule has 0 fully saturated rings. The van der Waals surface area contributed by atoms with E-state index in [0.717, 1.165) is 6.42 Å². The molecule has 8 radical (unpaired) electrons. The van der Waals surface area contributed by atoms with Crippen LogP contribution in [0.1, 0.15) is 6.42 Å². The Labute approximate surface area is 224 Å². The van der Waals surface area contributed by atoms with Gasteiger partial charge in [-0.1, -0.05) is 52.4 Å². The molecular formula is C13H30F6O7S2Si2Sn2. The summed E-state index contributed by atoms with van der Waals surface area (Å²) < 4.78 is 118. The van der Waals surface area contributed by atoms with Crippen molar-refractivity contribution in [3.05, 3.63) is 26.9 Å². The largest absolute Gasteiger partial charge is 2.00 e. The van der Waals surface area contributed by atoms with Gasteiger partial charge in [-0.05, 0) is 6.42 Å². The van der Waals surface area contributed by atoms with Crippen LogP contribution < -0.4 is 0 Å². The van der Waals surface area contributed by atoms with Crippen LogP contribution in [0, 0.1) is 26.9 Å². The van der Waals surface area contributed by atoms with Crippen molar-refractivity contribution in [3.63, 3.8) is 0 Å². The first-order chi connectivity index (χ1) is 11.9. The second-order valence-electron chi connectivity index (χ2n) is 7.27. The molecule has 0 amide bonds. The zero-order valence-electron chi connectivity index (χ0n) is 18.6. The summed E-state index contributed by atoms with van der Waals surface area (Å²) in [5.74, 6) is 0. The van der Waals surface area contributed by atoms with Gasteiger partial charge in [-0.2, -0.15) is 26.3 Å². The maximum Gasteiger partial charge on any atom is 2.00 e. The van der Waals surface area contributed by atoms with Crippen LogP contribution in [0.3, 0.4) is 0 Å². The number of halogens is 6. The summed E-state index contributed by atoms with van der Waals surface area (Å²) in [7, 11) is -13.9. The molecule has 0 atom stereocenters. The van der Waals surface area contributed by atoms with Crippen molar-refractivity contribution >= 4 is 84.2 Å². The minimum absolute atomic E-state index is 0. The molecule has 0 saturated heterocycles.